The molecular formula is C16H17F2N3O. The first-order chi connectivity index (χ1) is 10.6. The lowest BCUT2D eigenvalue weighted by molar-refractivity contribution is 0.0946. The molecule has 1 aromatic carbocycles. The van der Waals surface area contributed by atoms with Crippen LogP contribution in [0.25, 0.3) is 11.3 Å². The summed E-state index contributed by atoms with van der Waals surface area (Å²) in [5, 5.41) is 7.09. The summed E-state index contributed by atoms with van der Waals surface area (Å²) in [5.41, 5.74) is 1.38. The molecule has 1 N–H and O–H groups in total. The molecule has 0 saturated heterocycles. The second kappa shape index (κ2) is 5.87. The standard InChI is InChI=1S/C16H17F2N3O/c1-2-21-15(11-5-6-12(17)13(18)7-11)8-14(20-21)16(22)19-9-10-3-4-10/h5-8,10H,2-4,9H2,1H3,(H,19,22). The number of amides is 1. The van der Waals surface area contributed by atoms with Crippen LogP contribution in [0.4, 0.5) is 8.78 Å². The van der Waals surface area contributed by atoms with E-state index < -0.39 is 11.6 Å². The summed E-state index contributed by atoms with van der Waals surface area (Å²) < 4.78 is 28.1. The maximum atomic E-state index is 13.4. The van der Waals surface area contributed by atoms with E-state index in [1.54, 1.807) is 10.7 Å². The van der Waals surface area contributed by atoms with E-state index in [4.69, 9.17) is 0 Å². The Morgan fingerprint density at radius 2 is 2.09 bits per heavy atom. The number of rotatable bonds is 5. The summed E-state index contributed by atoms with van der Waals surface area (Å²) in [6.45, 7) is 3.07. The van der Waals surface area contributed by atoms with E-state index in [1.165, 1.54) is 6.07 Å². The topological polar surface area (TPSA) is 46.9 Å². The number of carbonyl (C=O) groups excluding carboxylic acids is 1. The van der Waals surface area contributed by atoms with Gasteiger partial charge in [0.15, 0.2) is 17.3 Å². The fraction of sp³-hybridized carbons (Fsp3) is 0.375. The smallest absolute Gasteiger partial charge is 0.271 e. The van der Waals surface area contributed by atoms with Crippen LogP contribution in [0, 0.1) is 17.6 Å². The van der Waals surface area contributed by atoms with Crippen LogP contribution in [0.15, 0.2) is 24.3 Å². The van der Waals surface area contributed by atoms with Crippen molar-refractivity contribution < 1.29 is 13.6 Å². The van der Waals surface area contributed by atoms with Crippen LogP contribution in [0.5, 0.6) is 0 Å². The number of halogens is 2. The highest BCUT2D eigenvalue weighted by Crippen LogP contribution is 2.28. The number of hydrogen-bond donors (Lipinski definition) is 1. The molecule has 1 heterocycles. The van der Waals surface area contributed by atoms with Crippen LogP contribution in [0.1, 0.15) is 30.3 Å². The fourth-order valence-corrected chi connectivity index (χ4v) is 2.31. The van der Waals surface area contributed by atoms with Gasteiger partial charge in [-0.05, 0) is 49.9 Å². The lowest BCUT2D eigenvalue weighted by Gasteiger charge is -2.04. The monoisotopic (exact) mass is 305 g/mol. The zero-order valence-corrected chi connectivity index (χ0v) is 12.3. The van der Waals surface area contributed by atoms with Crippen molar-refractivity contribution in [2.45, 2.75) is 26.3 Å². The lowest BCUT2D eigenvalue weighted by atomic mass is 10.1. The van der Waals surface area contributed by atoms with Crippen LogP contribution in [0.2, 0.25) is 0 Å². The Morgan fingerprint density at radius 3 is 2.73 bits per heavy atom. The van der Waals surface area contributed by atoms with Crippen molar-refractivity contribution in [3.63, 3.8) is 0 Å². The third kappa shape index (κ3) is 3.00. The van der Waals surface area contributed by atoms with Gasteiger partial charge in [-0.2, -0.15) is 5.10 Å². The largest absolute Gasteiger partial charge is 0.350 e. The number of hydrogen-bond acceptors (Lipinski definition) is 2. The Balaban J connectivity index is 1.86. The van der Waals surface area contributed by atoms with Gasteiger partial charge in [-0.15, -0.1) is 0 Å². The molecule has 116 valence electrons. The Bertz CT molecular complexity index is 707. The van der Waals surface area contributed by atoms with Gasteiger partial charge in [-0.25, -0.2) is 8.78 Å². The minimum absolute atomic E-state index is 0.233. The molecule has 0 aliphatic heterocycles. The number of aromatic nitrogens is 2. The zero-order valence-electron chi connectivity index (χ0n) is 12.3. The minimum Gasteiger partial charge on any atom is -0.350 e. The van der Waals surface area contributed by atoms with Crippen molar-refractivity contribution in [2.24, 2.45) is 5.92 Å². The van der Waals surface area contributed by atoms with Gasteiger partial charge in [0.1, 0.15) is 0 Å². The molecule has 0 atom stereocenters. The van der Waals surface area contributed by atoms with E-state index in [1.807, 2.05) is 6.92 Å². The molecule has 1 amide bonds. The number of carbonyl (C=O) groups is 1. The molecule has 0 bridgehead atoms. The predicted octanol–water partition coefficient (Wildman–Crippen LogP) is 2.99. The van der Waals surface area contributed by atoms with E-state index in [9.17, 15) is 13.6 Å². The zero-order chi connectivity index (χ0) is 15.7. The van der Waals surface area contributed by atoms with Crippen LogP contribution < -0.4 is 5.32 Å². The van der Waals surface area contributed by atoms with Crippen LogP contribution in [-0.4, -0.2) is 22.2 Å². The molecule has 6 heteroatoms. The molecule has 2 aromatic rings. The van der Waals surface area contributed by atoms with Gasteiger partial charge in [-0.3, -0.25) is 9.48 Å². The van der Waals surface area contributed by atoms with Gasteiger partial charge in [0.05, 0.1) is 5.69 Å². The summed E-state index contributed by atoms with van der Waals surface area (Å²) in [7, 11) is 0. The SMILES string of the molecule is CCn1nc(C(=O)NCC2CC2)cc1-c1ccc(F)c(F)c1. The van der Waals surface area contributed by atoms with Gasteiger partial charge >= 0.3 is 0 Å². The molecule has 1 fully saturated rings. The molecular weight excluding hydrogens is 288 g/mol. The maximum Gasteiger partial charge on any atom is 0.271 e. The second-order valence-corrected chi connectivity index (χ2v) is 5.51. The van der Waals surface area contributed by atoms with Gasteiger partial charge in [0.2, 0.25) is 0 Å². The van der Waals surface area contributed by atoms with Crippen molar-refractivity contribution in [1.82, 2.24) is 15.1 Å². The number of nitrogens with zero attached hydrogens (tertiary/aromatic N) is 2. The molecule has 1 aliphatic rings. The van der Waals surface area contributed by atoms with Crippen molar-refractivity contribution in [1.29, 1.82) is 0 Å². The molecule has 3 rings (SSSR count). The first-order valence-electron chi connectivity index (χ1n) is 7.40. The van der Waals surface area contributed by atoms with Gasteiger partial charge < -0.3 is 5.32 Å². The summed E-state index contributed by atoms with van der Waals surface area (Å²) in [6.07, 6.45) is 2.31. The fourth-order valence-electron chi connectivity index (χ4n) is 2.31. The molecule has 0 radical (unpaired) electrons. The summed E-state index contributed by atoms with van der Waals surface area (Å²) in [5.74, 6) is -1.46. The second-order valence-electron chi connectivity index (χ2n) is 5.51. The van der Waals surface area contributed by atoms with Crippen molar-refractivity contribution in [3.8, 4) is 11.3 Å². The van der Waals surface area contributed by atoms with Crippen molar-refractivity contribution in [3.05, 3.63) is 41.6 Å². The molecule has 0 unspecified atom stereocenters. The van der Waals surface area contributed by atoms with E-state index in [0.29, 0.717) is 36.0 Å². The van der Waals surface area contributed by atoms with Crippen LogP contribution in [-0.2, 0) is 6.54 Å². The molecule has 1 aromatic heterocycles. The normalized spacial score (nSPS) is 14.1. The number of nitrogens with one attached hydrogen (secondary N) is 1. The predicted molar refractivity (Wildman–Crippen MR) is 78.3 cm³/mol. The highest BCUT2D eigenvalue weighted by molar-refractivity contribution is 5.93. The Kier molecular flexibility index (Phi) is 3.92. The minimum atomic E-state index is -0.916. The average Bonchev–Trinajstić information content (AvgIpc) is 3.24. The first kappa shape index (κ1) is 14.7. The van der Waals surface area contributed by atoms with Crippen LogP contribution in [0.3, 0.4) is 0 Å². The number of aryl methyl sites for hydroxylation is 1. The van der Waals surface area contributed by atoms with E-state index in [-0.39, 0.29) is 5.91 Å². The highest BCUT2D eigenvalue weighted by Gasteiger charge is 2.23. The average molecular weight is 305 g/mol. The summed E-state index contributed by atoms with van der Waals surface area (Å²) >= 11 is 0. The highest BCUT2D eigenvalue weighted by atomic mass is 19.2. The molecule has 4 nitrogen and oxygen atoms in total. The van der Waals surface area contributed by atoms with Crippen molar-refractivity contribution in [2.75, 3.05) is 6.54 Å². The molecule has 0 spiro atoms. The summed E-state index contributed by atoms with van der Waals surface area (Å²) in [4.78, 5) is 12.1. The third-order valence-electron chi connectivity index (χ3n) is 3.78. The molecule has 1 aliphatic carbocycles. The van der Waals surface area contributed by atoms with Gasteiger partial charge in [-0.1, -0.05) is 0 Å². The lowest BCUT2D eigenvalue weighted by Crippen LogP contribution is -2.26. The summed E-state index contributed by atoms with van der Waals surface area (Å²) in [6, 6.07) is 5.28. The first-order valence-corrected chi connectivity index (χ1v) is 7.40. The third-order valence-corrected chi connectivity index (χ3v) is 3.78. The molecule has 22 heavy (non-hydrogen) atoms. The van der Waals surface area contributed by atoms with Crippen LogP contribution >= 0.6 is 0 Å². The Hall–Kier alpha value is -2.24. The van der Waals surface area contributed by atoms with E-state index in [2.05, 4.69) is 10.4 Å². The van der Waals surface area contributed by atoms with Gasteiger partial charge in [0.25, 0.3) is 5.91 Å². The molecule has 1 saturated carbocycles. The Morgan fingerprint density at radius 1 is 1.32 bits per heavy atom. The quantitative estimate of drug-likeness (QED) is 0.923. The van der Waals surface area contributed by atoms with E-state index in [0.717, 1.165) is 25.0 Å². The Labute approximate surface area is 127 Å². The van der Waals surface area contributed by atoms with E-state index >= 15 is 0 Å². The van der Waals surface area contributed by atoms with Crippen molar-refractivity contribution >= 4 is 5.91 Å². The number of benzene rings is 1. The van der Waals surface area contributed by atoms with Gasteiger partial charge in [0, 0.05) is 18.7 Å². The maximum absolute atomic E-state index is 13.4.